The molecular weight excluding hydrogens is 502 g/mol. The number of ether oxygens (including phenoxy) is 3. The molecule has 0 aliphatic rings. The van der Waals surface area contributed by atoms with Gasteiger partial charge in [-0.2, -0.15) is 5.10 Å². The summed E-state index contributed by atoms with van der Waals surface area (Å²) in [6, 6.07) is 18.2. The molecule has 0 atom stereocenters. The SMILES string of the molecule is COc1ccc(N(CC(=O)N/N=C\c2ccc(SC)cc2)S(=O)(=O)c2ccc(OC)c(OC)c2)cc1. The highest BCUT2D eigenvalue weighted by atomic mass is 32.2. The molecular formula is C25H27N3O6S2. The summed E-state index contributed by atoms with van der Waals surface area (Å²) in [7, 11) is 0.206. The molecule has 36 heavy (non-hydrogen) atoms. The third kappa shape index (κ3) is 6.49. The predicted molar refractivity (Wildman–Crippen MR) is 141 cm³/mol. The first-order chi connectivity index (χ1) is 17.3. The van der Waals surface area contributed by atoms with Crippen LogP contribution in [0.15, 0.2) is 81.6 Å². The molecule has 0 aliphatic carbocycles. The van der Waals surface area contributed by atoms with E-state index in [1.165, 1.54) is 45.7 Å². The zero-order valence-electron chi connectivity index (χ0n) is 20.3. The van der Waals surface area contributed by atoms with E-state index in [0.29, 0.717) is 11.5 Å². The number of nitrogens with one attached hydrogen (secondary N) is 1. The van der Waals surface area contributed by atoms with Gasteiger partial charge in [0.1, 0.15) is 12.3 Å². The normalized spacial score (nSPS) is 11.2. The van der Waals surface area contributed by atoms with Crippen LogP contribution in [0.2, 0.25) is 0 Å². The first kappa shape index (κ1) is 26.9. The Kier molecular flexibility index (Phi) is 9.20. The van der Waals surface area contributed by atoms with Crippen LogP contribution < -0.4 is 23.9 Å². The van der Waals surface area contributed by atoms with Gasteiger partial charge in [0.05, 0.1) is 38.1 Å². The van der Waals surface area contributed by atoms with Crippen molar-refractivity contribution < 1.29 is 27.4 Å². The van der Waals surface area contributed by atoms with Gasteiger partial charge in [0, 0.05) is 11.0 Å². The highest BCUT2D eigenvalue weighted by molar-refractivity contribution is 7.98. The average molecular weight is 530 g/mol. The number of thioether (sulfide) groups is 1. The van der Waals surface area contributed by atoms with Crippen LogP contribution in [0.25, 0.3) is 0 Å². The molecule has 0 saturated heterocycles. The number of nitrogens with zero attached hydrogens (tertiary/aromatic N) is 2. The fraction of sp³-hybridized carbons (Fsp3) is 0.200. The molecule has 0 saturated carbocycles. The Morgan fingerprint density at radius 2 is 1.61 bits per heavy atom. The van der Waals surface area contributed by atoms with Gasteiger partial charge in [0.15, 0.2) is 11.5 Å². The quantitative estimate of drug-likeness (QED) is 0.229. The summed E-state index contributed by atoms with van der Waals surface area (Å²) < 4.78 is 43.9. The highest BCUT2D eigenvalue weighted by Gasteiger charge is 2.28. The summed E-state index contributed by atoms with van der Waals surface area (Å²) in [4.78, 5) is 13.8. The molecule has 1 N–H and O–H groups in total. The molecule has 3 rings (SSSR count). The van der Waals surface area contributed by atoms with Crippen molar-refractivity contribution in [1.82, 2.24) is 5.43 Å². The molecule has 3 aromatic carbocycles. The van der Waals surface area contributed by atoms with Gasteiger partial charge in [-0.3, -0.25) is 9.10 Å². The molecule has 0 aliphatic heterocycles. The van der Waals surface area contributed by atoms with E-state index in [4.69, 9.17) is 14.2 Å². The van der Waals surface area contributed by atoms with Crippen LogP contribution in [0.1, 0.15) is 5.56 Å². The van der Waals surface area contributed by atoms with Gasteiger partial charge in [-0.1, -0.05) is 12.1 Å². The van der Waals surface area contributed by atoms with Crippen LogP contribution in [-0.4, -0.2) is 54.7 Å². The molecule has 0 bridgehead atoms. The Morgan fingerprint density at radius 1 is 0.944 bits per heavy atom. The number of anilines is 1. The molecule has 11 heteroatoms. The number of amides is 1. The number of sulfonamides is 1. The van der Waals surface area contributed by atoms with Crippen molar-refractivity contribution in [3.8, 4) is 17.2 Å². The monoisotopic (exact) mass is 529 g/mol. The number of carbonyl (C=O) groups excluding carboxylic acids is 1. The van der Waals surface area contributed by atoms with E-state index in [-0.39, 0.29) is 16.3 Å². The van der Waals surface area contributed by atoms with Crippen LogP contribution in [-0.2, 0) is 14.8 Å². The first-order valence-corrected chi connectivity index (χ1v) is 13.3. The summed E-state index contributed by atoms with van der Waals surface area (Å²) in [5.41, 5.74) is 3.46. The predicted octanol–water partition coefficient (Wildman–Crippen LogP) is 3.78. The summed E-state index contributed by atoms with van der Waals surface area (Å²) >= 11 is 1.62. The molecule has 3 aromatic rings. The number of methoxy groups -OCH3 is 3. The van der Waals surface area contributed by atoms with E-state index in [0.717, 1.165) is 14.8 Å². The molecule has 0 heterocycles. The van der Waals surface area contributed by atoms with Crippen LogP contribution in [0.3, 0.4) is 0 Å². The zero-order valence-corrected chi connectivity index (χ0v) is 21.9. The van der Waals surface area contributed by atoms with E-state index >= 15 is 0 Å². The number of hydrazone groups is 1. The number of hydrogen-bond acceptors (Lipinski definition) is 8. The fourth-order valence-corrected chi connectivity index (χ4v) is 5.05. The Balaban J connectivity index is 1.87. The maximum absolute atomic E-state index is 13.6. The minimum atomic E-state index is -4.17. The van der Waals surface area contributed by atoms with E-state index in [1.807, 2.05) is 30.5 Å². The second kappa shape index (κ2) is 12.3. The van der Waals surface area contributed by atoms with Crippen LogP contribution >= 0.6 is 11.8 Å². The molecule has 0 radical (unpaired) electrons. The molecule has 190 valence electrons. The van der Waals surface area contributed by atoms with E-state index < -0.39 is 22.5 Å². The largest absolute Gasteiger partial charge is 0.497 e. The summed E-state index contributed by atoms with van der Waals surface area (Å²) in [5.74, 6) is 0.551. The van der Waals surface area contributed by atoms with Gasteiger partial charge in [0.25, 0.3) is 15.9 Å². The van der Waals surface area contributed by atoms with E-state index in [1.54, 1.807) is 36.0 Å². The van der Waals surface area contributed by atoms with Crippen molar-refractivity contribution in [2.75, 3.05) is 38.4 Å². The second-order valence-electron chi connectivity index (χ2n) is 7.29. The van der Waals surface area contributed by atoms with Crippen molar-refractivity contribution >= 4 is 39.6 Å². The van der Waals surface area contributed by atoms with Crippen molar-refractivity contribution in [2.45, 2.75) is 9.79 Å². The highest BCUT2D eigenvalue weighted by Crippen LogP contribution is 2.32. The van der Waals surface area contributed by atoms with Crippen LogP contribution in [0, 0.1) is 0 Å². The number of rotatable bonds is 11. The van der Waals surface area contributed by atoms with Gasteiger partial charge >= 0.3 is 0 Å². The van der Waals surface area contributed by atoms with Gasteiger partial charge in [-0.05, 0) is 60.4 Å². The molecule has 1 amide bonds. The molecule has 0 unspecified atom stereocenters. The topological polar surface area (TPSA) is 107 Å². The summed E-state index contributed by atoms with van der Waals surface area (Å²) in [6.07, 6.45) is 3.47. The lowest BCUT2D eigenvalue weighted by molar-refractivity contribution is -0.119. The molecule has 0 aromatic heterocycles. The van der Waals surface area contributed by atoms with Crippen molar-refractivity contribution in [1.29, 1.82) is 0 Å². The Bertz CT molecular complexity index is 1310. The van der Waals surface area contributed by atoms with Crippen molar-refractivity contribution in [3.63, 3.8) is 0 Å². The third-order valence-electron chi connectivity index (χ3n) is 5.11. The van der Waals surface area contributed by atoms with Gasteiger partial charge in [-0.15, -0.1) is 11.8 Å². The minimum absolute atomic E-state index is 0.0684. The maximum Gasteiger partial charge on any atom is 0.264 e. The van der Waals surface area contributed by atoms with Crippen molar-refractivity contribution in [3.05, 3.63) is 72.3 Å². The van der Waals surface area contributed by atoms with Gasteiger partial charge < -0.3 is 14.2 Å². The maximum atomic E-state index is 13.6. The smallest absolute Gasteiger partial charge is 0.264 e. The first-order valence-electron chi connectivity index (χ1n) is 10.7. The third-order valence-corrected chi connectivity index (χ3v) is 7.62. The second-order valence-corrected chi connectivity index (χ2v) is 10.0. The summed E-state index contributed by atoms with van der Waals surface area (Å²) in [5, 5.41) is 3.97. The fourth-order valence-electron chi connectivity index (χ4n) is 3.20. The number of hydrogen-bond donors (Lipinski definition) is 1. The number of benzene rings is 3. The lowest BCUT2D eigenvalue weighted by Gasteiger charge is -2.24. The van der Waals surface area contributed by atoms with Crippen LogP contribution in [0.5, 0.6) is 17.2 Å². The Hall–Kier alpha value is -3.70. The Morgan fingerprint density at radius 3 is 2.19 bits per heavy atom. The van der Waals surface area contributed by atoms with E-state index in [9.17, 15) is 13.2 Å². The van der Waals surface area contributed by atoms with Crippen LogP contribution in [0.4, 0.5) is 5.69 Å². The minimum Gasteiger partial charge on any atom is -0.497 e. The standard InChI is InChI=1S/C25H27N3O6S2/c1-32-20-9-7-19(8-10-20)28(36(30,31)22-13-14-23(33-2)24(15-22)34-3)17-25(29)27-26-16-18-5-11-21(35-4)12-6-18/h5-16H,17H2,1-4H3,(H,27,29)/b26-16-. The summed E-state index contributed by atoms with van der Waals surface area (Å²) in [6.45, 7) is -0.508. The van der Waals surface area contributed by atoms with Gasteiger partial charge in [0.2, 0.25) is 0 Å². The average Bonchev–Trinajstić information content (AvgIpc) is 2.91. The molecule has 0 fully saturated rings. The Labute approximate surface area is 215 Å². The van der Waals surface area contributed by atoms with Gasteiger partial charge in [-0.25, -0.2) is 13.8 Å². The lowest BCUT2D eigenvalue weighted by Crippen LogP contribution is -2.39. The number of carbonyl (C=O) groups is 1. The molecule has 9 nitrogen and oxygen atoms in total. The lowest BCUT2D eigenvalue weighted by atomic mass is 10.2. The van der Waals surface area contributed by atoms with Crippen molar-refractivity contribution in [2.24, 2.45) is 5.10 Å². The molecule has 0 spiro atoms. The van der Waals surface area contributed by atoms with E-state index in [2.05, 4.69) is 10.5 Å². The zero-order chi connectivity index (χ0) is 26.1.